The van der Waals surface area contributed by atoms with Gasteiger partial charge in [0.15, 0.2) is 6.61 Å². The minimum atomic E-state index is -0.979. The van der Waals surface area contributed by atoms with Crippen molar-refractivity contribution < 1.29 is 28.2 Å². The second-order valence-electron chi connectivity index (χ2n) is 6.91. The van der Waals surface area contributed by atoms with E-state index in [1.54, 1.807) is 42.5 Å². The van der Waals surface area contributed by atoms with Crippen LogP contribution in [0.4, 0.5) is 15.8 Å². The Morgan fingerprint density at radius 1 is 0.943 bits per heavy atom. The number of hydrogen-bond acceptors (Lipinski definition) is 6. The lowest BCUT2D eigenvalue weighted by Crippen LogP contribution is -2.32. The zero-order valence-corrected chi connectivity index (χ0v) is 20.0. The molecule has 35 heavy (non-hydrogen) atoms. The smallest absolute Gasteiger partial charge is 0.329 e. The van der Waals surface area contributed by atoms with Crippen LogP contribution in [0.25, 0.3) is 0 Å². The Labute approximate surface area is 208 Å². The summed E-state index contributed by atoms with van der Waals surface area (Å²) in [6.07, 6.45) is 1.27. The van der Waals surface area contributed by atoms with E-state index in [1.165, 1.54) is 37.6 Å². The fourth-order valence-corrected chi connectivity index (χ4v) is 3.08. The van der Waals surface area contributed by atoms with Crippen LogP contribution in [0.15, 0.2) is 76.3 Å². The van der Waals surface area contributed by atoms with Gasteiger partial charge in [-0.2, -0.15) is 5.10 Å². The molecule has 0 fully saturated rings. The number of hydrogen-bond donors (Lipinski definition) is 3. The topological polar surface area (TPSA) is 118 Å². The minimum absolute atomic E-state index is 0.308. The van der Waals surface area contributed by atoms with Gasteiger partial charge in [0.1, 0.15) is 17.3 Å². The molecule has 0 spiro atoms. The van der Waals surface area contributed by atoms with Crippen molar-refractivity contribution in [2.45, 2.75) is 0 Å². The third-order valence-electron chi connectivity index (χ3n) is 4.38. The molecule has 0 radical (unpaired) electrons. The van der Waals surface area contributed by atoms with E-state index in [-0.39, 0.29) is 6.61 Å². The number of hydrazone groups is 1. The molecule has 0 atom stereocenters. The number of benzene rings is 3. The fraction of sp³-hybridized carbons (Fsp3) is 0.0833. The average Bonchev–Trinajstić information content (AvgIpc) is 2.85. The largest absolute Gasteiger partial charge is 0.497 e. The van der Waals surface area contributed by atoms with E-state index in [2.05, 4.69) is 37.1 Å². The molecule has 0 heterocycles. The SMILES string of the molecule is COc1ccc(NC(=O)C(=O)N/N=C\c2cc(Br)ccc2OCC(=O)Nc2ccc(F)cc2)cc1. The Balaban J connectivity index is 1.55. The van der Waals surface area contributed by atoms with E-state index < -0.39 is 23.5 Å². The molecule has 180 valence electrons. The molecule has 3 amide bonds. The van der Waals surface area contributed by atoms with Crippen LogP contribution in [0.3, 0.4) is 0 Å². The lowest BCUT2D eigenvalue weighted by atomic mass is 10.2. The lowest BCUT2D eigenvalue weighted by Gasteiger charge is -2.10. The van der Waals surface area contributed by atoms with E-state index in [0.717, 1.165) is 0 Å². The van der Waals surface area contributed by atoms with E-state index >= 15 is 0 Å². The van der Waals surface area contributed by atoms with Gasteiger partial charge in [0, 0.05) is 21.4 Å². The number of methoxy groups -OCH3 is 1. The number of nitrogens with one attached hydrogen (secondary N) is 3. The second kappa shape index (κ2) is 12.3. The lowest BCUT2D eigenvalue weighted by molar-refractivity contribution is -0.136. The quantitative estimate of drug-likeness (QED) is 0.228. The summed E-state index contributed by atoms with van der Waals surface area (Å²) in [6.45, 7) is -0.323. The maximum Gasteiger partial charge on any atom is 0.329 e. The minimum Gasteiger partial charge on any atom is -0.497 e. The van der Waals surface area contributed by atoms with E-state index in [9.17, 15) is 18.8 Å². The van der Waals surface area contributed by atoms with Gasteiger partial charge in [-0.3, -0.25) is 14.4 Å². The van der Waals surface area contributed by atoms with Gasteiger partial charge in [-0.05, 0) is 66.7 Å². The highest BCUT2D eigenvalue weighted by molar-refractivity contribution is 9.10. The van der Waals surface area contributed by atoms with Crippen LogP contribution in [0.5, 0.6) is 11.5 Å². The average molecular weight is 543 g/mol. The van der Waals surface area contributed by atoms with Gasteiger partial charge in [0.05, 0.1) is 13.3 Å². The van der Waals surface area contributed by atoms with Gasteiger partial charge in [0.25, 0.3) is 5.91 Å². The van der Waals surface area contributed by atoms with Gasteiger partial charge < -0.3 is 20.1 Å². The summed E-state index contributed by atoms with van der Waals surface area (Å²) in [6, 6.07) is 16.7. The van der Waals surface area contributed by atoms with Crippen LogP contribution in [0.1, 0.15) is 5.56 Å². The van der Waals surface area contributed by atoms with E-state index in [1.807, 2.05) is 0 Å². The first-order chi connectivity index (χ1) is 16.8. The maximum absolute atomic E-state index is 13.0. The molecular weight excluding hydrogens is 523 g/mol. The molecule has 0 saturated carbocycles. The molecule has 0 bridgehead atoms. The van der Waals surface area contributed by atoms with Gasteiger partial charge in [0.2, 0.25) is 0 Å². The van der Waals surface area contributed by atoms with Crippen LogP contribution < -0.4 is 25.5 Å². The van der Waals surface area contributed by atoms with E-state index in [0.29, 0.717) is 32.9 Å². The molecule has 0 saturated heterocycles. The Hall–Kier alpha value is -4.25. The first-order valence-corrected chi connectivity index (χ1v) is 10.9. The summed E-state index contributed by atoms with van der Waals surface area (Å²) >= 11 is 3.33. The summed E-state index contributed by atoms with van der Waals surface area (Å²) in [7, 11) is 1.52. The number of anilines is 2. The van der Waals surface area contributed by atoms with Crippen molar-refractivity contribution >= 4 is 51.2 Å². The van der Waals surface area contributed by atoms with E-state index in [4.69, 9.17) is 9.47 Å². The normalized spacial score (nSPS) is 10.5. The summed E-state index contributed by atoms with van der Waals surface area (Å²) < 4.78 is 24.3. The molecule has 3 rings (SSSR count). The number of rotatable bonds is 8. The van der Waals surface area contributed by atoms with Crippen molar-refractivity contribution in [3.8, 4) is 11.5 Å². The highest BCUT2D eigenvalue weighted by Gasteiger charge is 2.13. The molecule has 0 aliphatic heterocycles. The fourth-order valence-electron chi connectivity index (χ4n) is 2.70. The third kappa shape index (κ3) is 7.93. The van der Waals surface area contributed by atoms with Crippen LogP contribution in [0, 0.1) is 5.82 Å². The highest BCUT2D eigenvalue weighted by atomic mass is 79.9. The number of ether oxygens (including phenoxy) is 2. The van der Waals surface area contributed by atoms with Crippen LogP contribution >= 0.6 is 15.9 Å². The van der Waals surface area contributed by atoms with Crippen molar-refractivity contribution in [3.05, 3.63) is 82.6 Å². The second-order valence-corrected chi connectivity index (χ2v) is 7.82. The molecule has 0 aliphatic carbocycles. The van der Waals surface area contributed by atoms with Crippen molar-refractivity contribution in [2.24, 2.45) is 5.10 Å². The maximum atomic E-state index is 13.0. The standard InChI is InChI=1S/C24H20BrFN4O5/c1-34-20-9-7-19(8-10-20)29-23(32)24(33)30-27-13-15-12-16(25)2-11-21(15)35-14-22(31)28-18-5-3-17(26)4-6-18/h2-13H,14H2,1H3,(H,28,31)(H,29,32)(H,30,33)/b27-13-. The zero-order chi connectivity index (χ0) is 25.2. The first-order valence-electron chi connectivity index (χ1n) is 10.1. The number of carbonyl (C=O) groups excluding carboxylic acids is 3. The number of carbonyl (C=O) groups is 3. The predicted molar refractivity (Wildman–Crippen MR) is 132 cm³/mol. The molecular formula is C24H20BrFN4O5. The van der Waals surface area contributed by atoms with Crippen LogP contribution in [-0.2, 0) is 14.4 Å². The number of halogens is 2. The molecule has 0 unspecified atom stereocenters. The zero-order valence-electron chi connectivity index (χ0n) is 18.4. The summed E-state index contributed by atoms with van der Waals surface area (Å²) in [5.74, 6) is -1.84. The summed E-state index contributed by atoms with van der Waals surface area (Å²) in [5, 5.41) is 8.82. The first kappa shape index (κ1) is 25.4. The molecule has 3 aromatic carbocycles. The third-order valence-corrected chi connectivity index (χ3v) is 4.88. The molecule has 3 N–H and O–H groups in total. The number of amides is 3. The molecule has 0 aliphatic rings. The van der Waals surface area contributed by atoms with Crippen LogP contribution in [-0.4, -0.2) is 37.7 Å². The van der Waals surface area contributed by atoms with Gasteiger partial charge in [-0.15, -0.1) is 0 Å². The Morgan fingerprint density at radius 2 is 1.60 bits per heavy atom. The van der Waals surface area contributed by atoms with Gasteiger partial charge in [-0.25, -0.2) is 9.82 Å². The molecule has 3 aromatic rings. The monoisotopic (exact) mass is 542 g/mol. The highest BCUT2D eigenvalue weighted by Crippen LogP contribution is 2.22. The van der Waals surface area contributed by atoms with Crippen molar-refractivity contribution in [1.82, 2.24) is 5.43 Å². The predicted octanol–water partition coefficient (Wildman–Crippen LogP) is 3.70. The summed E-state index contributed by atoms with van der Waals surface area (Å²) in [5.41, 5.74) is 3.41. The Bertz CT molecular complexity index is 1230. The molecule has 0 aromatic heterocycles. The van der Waals surface area contributed by atoms with Crippen molar-refractivity contribution in [2.75, 3.05) is 24.4 Å². The molecule has 11 heteroatoms. The van der Waals surface area contributed by atoms with Crippen molar-refractivity contribution in [3.63, 3.8) is 0 Å². The van der Waals surface area contributed by atoms with Gasteiger partial charge in [-0.1, -0.05) is 15.9 Å². The number of nitrogens with zero attached hydrogens (tertiary/aromatic N) is 1. The summed E-state index contributed by atoms with van der Waals surface area (Å²) in [4.78, 5) is 36.2. The van der Waals surface area contributed by atoms with Gasteiger partial charge >= 0.3 is 11.8 Å². The van der Waals surface area contributed by atoms with Crippen LogP contribution in [0.2, 0.25) is 0 Å². The Morgan fingerprint density at radius 3 is 2.29 bits per heavy atom. The Kier molecular flexibility index (Phi) is 8.90. The molecule has 9 nitrogen and oxygen atoms in total. The van der Waals surface area contributed by atoms with Crippen molar-refractivity contribution in [1.29, 1.82) is 0 Å².